The number of benzene rings is 7. The molecule has 0 aliphatic carbocycles. The number of aliphatic imine (C=N–C) groups is 2. The fourth-order valence-corrected chi connectivity index (χ4v) is 8.06. The van der Waals surface area contributed by atoms with E-state index in [2.05, 4.69) is 161 Å². The smallest absolute Gasteiger partial charge is 0.157 e. The summed E-state index contributed by atoms with van der Waals surface area (Å²) < 4.78 is 2.22. The summed E-state index contributed by atoms with van der Waals surface area (Å²) in [6.07, 6.45) is 6.05. The number of imidazole rings is 1. The van der Waals surface area contributed by atoms with E-state index in [0.717, 1.165) is 67.3 Å². The Morgan fingerprint density at radius 2 is 1.25 bits per heavy atom. The summed E-state index contributed by atoms with van der Waals surface area (Å²) in [5, 5.41) is 9.07. The van der Waals surface area contributed by atoms with Crippen LogP contribution in [0.2, 0.25) is 0 Å². The Bertz CT molecular complexity index is 3040. The molecule has 0 fully saturated rings. The molecular formula is C53H41N7. The first-order valence-corrected chi connectivity index (χ1v) is 20.2. The molecule has 0 atom stereocenters. The van der Waals surface area contributed by atoms with Crippen molar-refractivity contribution in [3.05, 3.63) is 216 Å². The average Bonchev–Trinajstić information content (AvgIpc) is 3.74. The first-order valence-electron chi connectivity index (χ1n) is 20.2. The minimum atomic E-state index is 0.498. The molecule has 10 rings (SSSR count). The van der Waals surface area contributed by atoms with Crippen molar-refractivity contribution in [1.82, 2.24) is 25.2 Å². The van der Waals surface area contributed by atoms with Crippen molar-refractivity contribution < 1.29 is 0 Å². The zero-order valence-electron chi connectivity index (χ0n) is 33.1. The van der Waals surface area contributed by atoms with Crippen LogP contribution in [0.3, 0.4) is 0 Å². The van der Waals surface area contributed by atoms with Gasteiger partial charge in [-0.15, -0.1) is 0 Å². The van der Waals surface area contributed by atoms with E-state index in [9.17, 15) is 0 Å². The lowest BCUT2D eigenvalue weighted by Gasteiger charge is -2.18. The van der Waals surface area contributed by atoms with Crippen molar-refractivity contribution in [2.75, 3.05) is 7.05 Å². The van der Waals surface area contributed by atoms with Gasteiger partial charge in [-0.1, -0.05) is 164 Å². The third-order valence-corrected chi connectivity index (χ3v) is 11.1. The molecule has 7 nitrogen and oxygen atoms in total. The number of nitrogens with one attached hydrogen (secondary N) is 2. The second kappa shape index (κ2) is 16.2. The molecule has 60 heavy (non-hydrogen) atoms. The van der Waals surface area contributed by atoms with Crippen molar-refractivity contribution >= 4 is 39.6 Å². The quantitative estimate of drug-likeness (QED) is 0.119. The van der Waals surface area contributed by atoms with Crippen LogP contribution in [0.4, 0.5) is 0 Å². The minimum absolute atomic E-state index is 0.498. The first kappa shape index (κ1) is 36.4. The van der Waals surface area contributed by atoms with Crippen molar-refractivity contribution in [1.29, 1.82) is 0 Å². The van der Waals surface area contributed by atoms with Crippen LogP contribution >= 0.6 is 0 Å². The van der Waals surface area contributed by atoms with Gasteiger partial charge in [0, 0.05) is 47.4 Å². The van der Waals surface area contributed by atoms with Gasteiger partial charge in [0.05, 0.1) is 17.6 Å². The lowest BCUT2D eigenvalue weighted by atomic mass is 9.95. The number of rotatable bonds is 8. The highest BCUT2D eigenvalue weighted by atomic mass is 15.1. The summed E-state index contributed by atoms with van der Waals surface area (Å²) in [6, 6.07) is 61.0. The number of pyridine rings is 1. The van der Waals surface area contributed by atoms with Gasteiger partial charge in [0.2, 0.25) is 0 Å². The van der Waals surface area contributed by atoms with Crippen molar-refractivity contribution in [3.63, 3.8) is 0 Å². The maximum absolute atomic E-state index is 5.38. The SMILES string of the molecule is CN/C(=N\C(=N/Cc1ccc(-c2ccccc2)cc1)c1ccc(-c2ccc(-c3nc4c5ccccc5c5c(c4n3-c3ccccn3)CNC=C5)cc2)cc1)c1ccccc1. The fourth-order valence-electron chi connectivity index (χ4n) is 8.06. The lowest BCUT2D eigenvalue weighted by Crippen LogP contribution is -2.21. The number of aromatic nitrogens is 3. The number of amidine groups is 2. The van der Waals surface area contributed by atoms with Gasteiger partial charge in [-0.3, -0.25) is 9.56 Å². The van der Waals surface area contributed by atoms with Crippen LogP contribution in [0.1, 0.15) is 27.8 Å². The third-order valence-electron chi connectivity index (χ3n) is 11.1. The Hall–Kier alpha value is -7.90. The van der Waals surface area contributed by atoms with Crippen LogP contribution in [0.15, 0.2) is 198 Å². The highest BCUT2D eigenvalue weighted by Crippen LogP contribution is 2.39. The Balaban J connectivity index is 0.993. The molecule has 0 radical (unpaired) electrons. The summed E-state index contributed by atoms with van der Waals surface area (Å²) >= 11 is 0. The molecule has 0 amide bonds. The Kier molecular flexibility index (Phi) is 9.81. The fraction of sp³-hybridized carbons (Fsp3) is 0.0566. The van der Waals surface area contributed by atoms with Crippen LogP contribution in [-0.4, -0.2) is 33.3 Å². The molecule has 0 spiro atoms. The molecule has 0 saturated carbocycles. The second-order valence-corrected chi connectivity index (χ2v) is 14.7. The molecule has 1 aliphatic heterocycles. The summed E-state index contributed by atoms with van der Waals surface area (Å²) in [4.78, 5) is 20.4. The van der Waals surface area contributed by atoms with E-state index < -0.39 is 0 Å². The van der Waals surface area contributed by atoms with E-state index in [1.807, 2.05) is 55.8 Å². The van der Waals surface area contributed by atoms with E-state index >= 15 is 0 Å². The third kappa shape index (κ3) is 7.03. The number of nitrogens with zero attached hydrogens (tertiary/aromatic N) is 5. The standard InChI is InChI=1S/C53H41N7/c1-54-51(41-14-6-3-7-15-41)59-52(57-34-36-19-21-38(22-20-36)37-12-4-2-5-13-37)42-27-23-39(24-28-42)40-25-29-43(30-26-40)53-58-49-46-17-9-8-16-44(46)45-31-33-55-35-47(45)50(49)60(53)48-18-10-11-32-56-48/h2-33,55H,34-35H2,1H3,(H,54,57,59). The molecule has 7 aromatic carbocycles. The average molecular weight is 776 g/mol. The van der Waals surface area contributed by atoms with Gasteiger partial charge in [0.25, 0.3) is 0 Å². The highest BCUT2D eigenvalue weighted by molar-refractivity contribution is 6.12. The molecule has 1 aliphatic rings. The lowest BCUT2D eigenvalue weighted by molar-refractivity contribution is 0.861. The van der Waals surface area contributed by atoms with Crippen molar-refractivity contribution in [3.8, 4) is 39.5 Å². The van der Waals surface area contributed by atoms with Crippen LogP contribution in [0.5, 0.6) is 0 Å². The molecule has 0 bridgehead atoms. The summed E-state index contributed by atoms with van der Waals surface area (Å²) in [7, 11) is 1.90. The molecular weight excluding hydrogens is 735 g/mol. The number of fused-ring (bicyclic) bond motifs is 6. The number of hydrogen-bond acceptors (Lipinski definition) is 4. The van der Waals surface area contributed by atoms with Crippen LogP contribution in [-0.2, 0) is 13.1 Å². The molecule has 3 heterocycles. The molecule has 288 valence electrons. The van der Waals surface area contributed by atoms with Gasteiger partial charge in [-0.25, -0.2) is 15.0 Å². The molecule has 2 aromatic heterocycles. The monoisotopic (exact) mass is 775 g/mol. The predicted molar refractivity (Wildman–Crippen MR) is 247 cm³/mol. The molecule has 2 N–H and O–H groups in total. The van der Waals surface area contributed by atoms with Crippen molar-refractivity contribution in [2.45, 2.75) is 13.1 Å². The molecule has 7 heteroatoms. The van der Waals surface area contributed by atoms with Gasteiger partial charge in [-0.05, 0) is 63.2 Å². The van der Waals surface area contributed by atoms with Gasteiger partial charge >= 0.3 is 0 Å². The van der Waals surface area contributed by atoms with E-state index in [1.54, 1.807) is 0 Å². The highest BCUT2D eigenvalue weighted by Gasteiger charge is 2.24. The van der Waals surface area contributed by atoms with E-state index in [1.165, 1.54) is 27.6 Å². The van der Waals surface area contributed by atoms with Gasteiger partial charge < -0.3 is 10.6 Å². The van der Waals surface area contributed by atoms with E-state index in [-0.39, 0.29) is 0 Å². The zero-order valence-corrected chi connectivity index (χ0v) is 33.1. The van der Waals surface area contributed by atoms with Gasteiger partial charge in [0.1, 0.15) is 17.5 Å². The normalized spacial score (nSPS) is 12.7. The van der Waals surface area contributed by atoms with Crippen LogP contribution in [0.25, 0.3) is 67.3 Å². The summed E-state index contributed by atoms with van der Waals surface area (Å²) in [5.41, 5.74) is 13.1. The van der Waals surface area contributed by atoms with Gasteiger partial charge in [-0.2, -0.15) is 0 Å². The summed E-state index contributed by atoms with van der Waals surface area (Å²) in [6.45, 7) is 1.21. The largest absolute Gasteiger partial charge is 0.387 e. The Morgan fingerprint density at radius 1 is 0.633 bits per heavy atom. The van der Waals surface area contributed by atoms with E-state index in [4.69, 9.17) is 20.0 Å². The molecule has 0 saturated heterocycles. The minimum Gasteiger partial charge on any atom is -0.387 e. The zero-order chi connectivity index (χ0) is 40.3. The van der Waals surface area contributed by atoms with Gasteiger partial charge in [0.15, 0.2) is 5.84 Å². The van der Waals surface area contributed by atoms with E-state index in [0.29, 0.717) is 18.9 Å². The number of hydrogen-bond donors (Lipinski definition) is 2. The molecule has 0 unspecified atom stereocenters. The Labute approximate surface area is 349 Å². The maximum Gasteiger partial charge on any atom is 0.157 e. The Morgan fingerprint density at radius 3 is 1.95 bits per heavy atom. The molecule has 9 aromatic rings. The second-order valence-electron chi connectivity index (χ2n) is 14.7. The van der Waals surface area contributed by atoms with Crippen molar-refractivity contribution in [2.24, 2.45) is 9.98 Å². The predicted octanol–water partition coefficient (Wildman–Crippen LogP) is 11.3. The van der Waals surface area contributed by atoms with Crippen LogP contribution < -0.4 is 10.6 Å². The van der Waals surface area contributed by atoms with Crippen LogP contribution in [0, 0.1) is 0 Å². The maximum atomic E-state index is 5.38. The summed E-state index contributed by atoms with van der Waals surface area (Å²) in [5.74, 6) is 3.10. The first-order chi connectivity index (χ1) is 29.7. The topological polar surface area (TPSA) is 79.5 Å².